The number of hydrogen-bond donors (Lipinski definition) is 1. The highest BCUT2D eigenvalue weighted by Crippen LogP contribution is 2.52. The summed E-state index contributed by atoms with van der Waals surface area (Å²) in [6, 6.07) is 30.5. The Balaban J connectivity index is 1.34. The molecule has 0 saturated heterocycles. The van der Waals surface area contributed by atoms with Crippen molar-refractivity contribution in [3.63, 3.8) is 0 Å². The minimum absolute atomic E-state index is 0.0607. The molecule has 0 spiro atoms. The smallest absolute Gasteiger partial charge is 0.516 e. The van der Waals surface area contributed by atoms with Gasteiger partial charge >= 0.3 is 15.5 Å². The average molecular weight is 944 g/mol. The first-order chi connectivity index (χ1) is 30.6. The van der Waals surface area contributed by atoms with Gasteiger partial charge in [0, 0.05) is 71.4 Å². The van der Waals surface area contributed by atoms with Crippen LogP contribution in [-0.2, 0) is 42.1 Å². The lowest BCUT2D eigenvalue weighted by Gasteiger charge is -2.27. The van der Waals surface area contributed by atoms with Gasteiger partial charge in [-0.15, -0.1) is 0 Å². The maximum Gasteiger partial charge on any atom is 0.516 e. The van der Waals surface area contributed by atoms with Crippen LogP contribution in [0.15, 0.2) is 133 Å². The van der Waals surface area contributed by atoms with E-state index in [9.17, 15) is 43.3 Å². The molecule has 3 aliphatic rings. The van der Waals surface area contributed by atoms with Crippen LogP contribution in [-0.4, -0.2) is 81.9 Å². The van der Waals surface area contributed by atoms with E-state index in [1.165, 1.54) is 0 Å². The Bertz CT molecular complexity index is 3210. The van der Waals surface area contributed by atoms with Gasteiger partial charge < -0.3 is 9.45 Å². The van der Waals surface area contributed by atoms with Crippen molar-refractivity contribution in [2.75, 3.05) is 36.5 Å². The van der Waals surface area contributed by atoms with E-state index in [2.05, 4.69) is 0 Å². The van der Waals surface area contributed by atoms with Gasteiger partial charge in [-0.2, -0.15) is 34.6 Å². The molecule has 340 valence electrons. The molecular formula is C49H48F3N3O7S3. The number of likely N-dealkylation sites (N-methyl/N-ethyl adjacent to an activating group) is 1. The minimum Gasteiger partial charge on any atom is -0.772 e. The number of anilines is 1. The van der Waals surface area contributed by atoms with E-state index in [-0.39, 0.29) is 39.9 Å². The molecule has 0 aromatic heterocycles. The molecule has 5 aromatic rings. The van der Waals surface area contributed by atoms with Crippen LogP contribution in [0.4, 0.5) is 24.5 Å². The number of alkyl halides is 3. The second-order valence-corrected chi connectivity index (χ2v) is 22.0. The van der Waals surface area contributed by atoms with Gasteiger partial charge in [0.1, 0.15) is 6.54 Å². The highest BCUT2D eigenvalue weighted by Gasteiger charge is 2.51. The van der Waals surface area contributed by atoms with Crippen LogP contribution in [0.25, 0.3) is 32.7 Å². The second-order valence-electron chi connectivity index (χ2n) is 17.5. The molecule has 1 aliphatic carbocycles. The Morgan fingerprint density at radius 1 is 0.785 bits per heavy atom. The summed E-state index contributed by atoms with van der Waals surface area (Å²) in [7, 11) is -9.35. The summed E-state index contributed by atoms with van der Waals surface area (Å²) in [5.41, 5.74) is -0.863. The highest BCUT2D eigenvalue weighted by molar-refractivity contribution is 7.90. The third kappa shape index (κ3) is 8.17. The van der Waals surface area contributed by atoms with Crippen LogP contribution in [0.3, 0.4) is 0 Å². The molecule has 0 amide bonds. The molecule has 10 nitrogen and oxygen atoms in total. The van der Waals surface area contributed by atoms with Crippen molar-refractivity contribution in [3.8, 4) is 0 Å². The lowest BCUT2D eigenvalue weighted by molar-refractivity contribution is -0.437. The molecular weight excluding hydrogens is 896 g/mol. The molecule has 5 aromatic carbocycles. The monoisotopic (exact) mass is 943 g/mol. The van der Waals surface area contributed by atoms with Crippen LogP contribution in [0.2, 0.25) is 0 Å². The maximum atomic E-state index is 14.6. The quantitative estimate of drug-likeness (QED) is 0.0700. The van der Waals surface area contributed by atoms with Crippen molar-refractivity contribution in [2.24, 2.45) is 0 Å². The van der Waals surface area contributed by atoms with Gasteiger partial charge in [-0.1, -0.05) is 110 Å². The van der Waals surface area contributed by atoms with E-state index in [0.717, 1.165) is 56.8 Å². The lowest BCUT2D eigenvalue weighted by Crippen LogP contribution is -2.37. The lowest BCUT2D eigenvalue weighted by atomic mass is 9.79. The van der Waals surface area contributed by atoms with Gasteiger partial charge in [-0.3, -0.25) is 13.1 Å². The fourth-order valence-electron chi connectivity index (χ4n) is 9.93. The van der Waals surface area contributed by atoms with Crippen molar-refractivity contribution >= 4 is 81.0 Å². The second kappa shape index (κ2) is 16.8. The first-order valence-corrected chi connectivity index (χ1v) is 25.3. The fourth-order valence-corrected chi connectivity index (χ4v) is 11.5. The molecule has 2 aliphatic heterocycles. The van der Waals surface area contributed by atoms with E-state index >= 15 is 0 Å². The predicted molar refractivity (Wildman–Crippen MR) is 252 cm³/mol. The minimum atomic E-state index is -5.95. The van der Waals surface area contributed by atoms with Crippen LogP contribution in [0.1, 0.15) is 62.8 Å². The van der Waals surface area contributed by atoms with Gasteiger partial charge in [0.05, 0.1) is 16.9 Å². The third-order valence-corrected chi connectivity index (χ3v) is 15.7. The fraction of sp³-hybridized carbons (Fsp3) is 0.286. The number of allylic oxidation sites excluding steroid dienone is 7. The van der Waals surface area contributed by atoms with Crippen molar-refractivity contribution in [3.05, 3.63) is 155 Å². The molecule has 1 atom stereocenters. The van der Waals surface area contributed by atoms with E-state index < -0.39 is 53.3 Å². The van der Waals surface area contributed by atoms with Crippen molar-refractivity contribution in [1.29, 1.82) is 0 Å². The molecule has 0 bridgehead atoms. The topological polar surface area (TPSA) is 138 Å². The Morgan fingerprint density at radius 3 is 2.02 bits per heavy atom. The van der Waals surface area contributed by atoms with Crippen LogP contribution in [0, 0.1) is 0 Å². The van der Waals surface area contributed by atoms with E-state index in [4.69, 9.17) is 0 Å². The van der Waals surface area contributed by atoms with Gasteiger partial charge in [-0.05, 0) is 82.8 Å². The van der Waals surface area contributed by atoms with E-state index in [1.54, 1.807) is 48.6 Å². The summed E-state index contributed by atoms with van der Waals surface area (Å²) in [5.74, 6) is -0.580. The predicted octanol–water partition coefficient (Wildman–Crippen LogP) is 9.74. The SMILES string of the molecule is CN(C1=C(/C=C/C2=[N+](CCCS(=O)[O-])c3ccc4ccccc4c3C2(C)C)c2ccccc2/C1=C\C=C1\N(CCCS(=O)(=O)O)c2ccc3ccccc3c2C1(C)C)S(=O)(=O)C(F)(F)F. The van der Waals surface area contributed by atoms with Crippen molar-refractivity contribution in [2.45, 2.75) is 56.9 Å². The normalized spacial score (nSPS) is 18.7. The van der Waals surface area contributed by atoms with Crippen molar-refractivity contribution in [1.82, 2.24) is 4.31 Å². The molecule has 65 heavy (non-hydrogen) atoms. The Kier molecular flexibility index (Phi) is 11.9. The van der Waals surface area contributed by atoms with Crippen LogP contribution < -0.4 is 4.90 Å². The molecule has 8 rings (SSSR count). The Labute approximate surface area is 379 Å². The molecule has 1 unspecified atom stereocenters. The molecule has 16 heteroatoms. The number of sulfonamides is 1. The number of hydrogen-bond acceptors (Lipinski definition) is 7. The summed E-state index contributed by atoms with van der Waals surface area (Å²) in [6.07, 6.45) is 7.19. The Morgan fingerprint density at radius 2 is 1.38 bits per heavy atom. The van der Waals surface area contributed by atoms with Crippen LogP contribution >= 0.6 is 0 Å². The zero-order valence-corrected chi connectivity index (χ0v) is 38.8. The third-order valence-electron chi connectivity index (χ3n) is 12.8. The number of fused-ring (bicyclic) bond motifs is 7. The largest absolute Gasteiger partial charge is 0.772 e. The summed E-state index contributed by atoms with van der Waals surface area (Å²) in [4.78, 5) is 1.95. The zero-order chi connectivity index (χ0) is 46.9. The Hall–Kier alpha value is -5.39. The molecule has 0 saturated carbocycles. The zero-order valence-electron chi connectivity index (χ0n) is 36.4. The van der Waals surface area contributed by atoms with Gasteiger partial charge in [-0.25, -0.2) is 0 Å². The summed E-state index contributed by atoms with van der Waals surface area (Å²) in [5, 5.41) is 3.93. The number of nitrogens with zero attached hydrogens (tertiary/aromatic N) is 3. The standard InChI is InChI=1S/C49H48F3N3O7S3/c1-47(2)42(54(28-12-30-63(56)57)40-24-20-32-14-6-8-16-34(32)44(40)47)26-22-38-36-18-10-11-19-37(36)39(46(38)53(5)65(61,62)49(50,51)52)23-27-43-48(3,4)45-35-17-9-7-15-33(35)21-25-41(45)55(43)29-13-31-64(58,59)60/h6-11,14-27H,12-13,28-31H2,1-5H3,(H-,56,57,58,59,60). The van der Waals surface area contributed by atoms with Crippen molar-refractivity contribution < 1.29 is 47.9 Å². The first-order valence-electron chi connectivity index (χ1n) is 21.0. The first kappa shape index (κ1) is 46.2. The maximum absolute atomic E-state index is 14.6. The van der Waals surface area contributed by atoms with E-state index in [0.29, 0.717) is 29.8 Å². The van der Waals surface area contributed by atoms with E-state index in [1.807, 2.05) is 110 Å². The number of halogens is 3. The molecule has 1 N–H and O–H groups in total. The van der Waals surface area contributed by atoms with Gasteiger partial charge in [0.2, 0.25) is 5.69 Å². The molecule has 0 fully saturated rings. The average Bonchev–Trinajstić information content (AvgIpc) is 3.75. The summed E-state index contributed by atoms with van der Waals surface area (Å²) >= 11 is -2.28. The summed E-state index contributed by atoms with van der Waals surface area (Å²) in [6.45, 7) is 8.56. The molecule has 2 heterocycles. The highest BCUT2D eigenvalue weighted by atomic mass is 32.2. The van der Waals surface area contributed by atoms with Gasteiger partial charge in [0.25, 0.3) is 10.1 Å². The van der Waals surface area contributed by atoms with Gasteiger partial charge in [0.15, 0.2) is 5.71 Å². The molecule has 0 radical (unpaired) electrons. The summed E-state index contributed by atoms with van der Waals surface area (Å²) < 4.78 is 130. The number of benzene rings is 5. The number of rotatable bonds is 13. The van der Waals surface area contributed by atoms with Crippen LogP contribution in [0.5, 0.6) is 0 Å².